The normalized spacial score (nSPS) is 12.4. The molecule has 0 fully saturated rings. The highest BCUT2D eigenvalue weighted by Gasteiger charge is 2.07. The van der Waals surface area contributed by atoms with Crippen LogP contribution in [0.15, 0.2) is 30.1 Å². The van der Waals surface area contributed by atoms with Gasteiger partial charge < -0.3 is 0 Å². The Morgan fingerprint density at radius 1 is 1.12 bits per heavy atom. The van der Waals surface area contributed by atoms with Crippen LogP contribution in [-0.4, -0.2) is 16.7 Å². The molecule has 1 nitrogen and oxygen atoms in total. The van der Waals surface area contributed by atoms with Crippen molar-refractivity contribution < 1.29 is 0 Å². The van der Waals surface area contributed by atoms with Crippen LogP contribution in [-0.2, 0) is 0 Å². The second-order valence-electron chi connectivity index (χ2n) is 4.04. The van der Waals surface area contributed by atoms with Gasteiger partial charge in [0, 0.05) is 24.2 Å². The van der Waals surface area contributed by atoms with Crippen LogP contribution in [0.1, 0.15) is 38.2 Å². The number of allylic oxidation sites excluding steroid dienone is 2. The van der Waals surface area contributed by atoms with Crippen molar-refractivity contribution in [1.29, 1.82) is 0 Å². The lowest BCUT2D eigenvalue weighted by Gasteiger charge is -2.11. The Kier molecular flexibility index (Phi) is 7.30. The summed E-state index contributed by atoms with van der Waals surface area (Å²) in [4.78, 5) is 4.02. The quantitative estimate of drug-likeness (QED) is 0.508. The van der Waals surface area contributed by atoms with Crippen molar-refractivity contribution in [2.45, 2.75) is 32.6 Å². The van der Waals surface area contributed by atoms with E-state index in [4.69, 9.17) is 23.2 Å². The largest absolute Gasteiger partial charge is 0.265 e. The molecule has 1 aromatic rings. The molecular weight excluding hydrogens is 253 g/mol. The van der Waals surface area contributed by atoms with Crippen molar-refractivity contribution in [2.75, 3.05) is 11.8 Å². The number of pyridine rings is 1. The fraction of sp³-hybridized carbons (Fsp3) is 0.500. The zero-order valence-electron chi connectivity index (χ0n) is 10.3. The summed E-state index contributed by atoms with van der Waals surface area (Å²) in [7, 11) is 0. The van der Waals surface area contributed by atoms with Crippen molar-refractivity contribution in [3.63, 3.8) is 0 Å². The van der Waals surface area contributed by atoms with Gasteiger partial charge in [0.05, 0.1) is 0 Å². The number of unbranched alkanes of at least 4 members (excludes halogenated alkanes) is 2. The summed E-state index contributed by atoms with van der Waals surface area (Å²) in [5.41, 5.74) is 3.57. The molecule has 1 heterocycles. The van der Waals surface area contributed by atoms with Crippen molar-refractivity contribution in [1.82, 2.24) is 4.98 Å². The lowest BCUT2D eigenvalue weighted by molar-refractivity contribution is 0.714. The first-order valence-corrected chi connectivity index (χ1v) is 7.13. The van der Waals surface area contributed by atoms with Crippen LogP contribution in [0.5, 0.6) is 0 Å². The van der Waals surface area contributed by atoms with Gasteiger partial charge in [0.15, 0.2) is 0 Å². The number of hydrogen-bond donors (Lipinski definition) is 0. The van der Waals surface area contributed by atoms with Crippen LogP contribution in [0.4, 0.5) is 0 Å². The minimum absolute atomic E-state index is 0.512. The smallest absolute Gasteiger partial charge is 0.0480 e. The van der Waals surface area contributed by atoms with Gasteiger partial charge in [-0.3, -0.25) is 4.98 Å². The highest BCUT2D eigenvalue weighted by molar-refractivity contribution is 6.24. The second-order valence-corrected chi connectivity index (χ2v) is 4.58. The van der Waals surface area contributed by atoms with Crippen molar-refractivity contribution >= 4 is 28.8 Å². The van der Waals surface area contributed by atoms with Crippen LogP contribution in [0.2, 0.25) is 0 Å². The molecule has 0 saturated carbocycles. The van der Waals surface area contributed by atoms with Gasteiger partial charge >= 0.3 is 0 Å². The molecule has 94 valence electrons. The van der Waals surface area contributed by atoms with E-state index >= 15 is 0 Å². The molecule has 0 bridgehead atoms. The topological polar surface area (TPSA) is 12.9 Å². The summed E-state index contributed by atoms with van der Waals surface area (Å²) >= 11 is 12.1. The predicted molar refractivity (Wildman–Crippen MR) is 76.7 cm³/mol. The van der Waals surface area contributed by atoms with Gasteiger partial charge in [-0.15, -0.1) is 23.2 Å². The van der Waals surface area contributed by atoms with Gasteiger partial charge in [0.2, 0.25) is 0 Å². The number of aromatic nitrogens is 1. The highest BCUT2D eigenvalue weighted by atomic mass is 35.5. The second kappa shape index (κ2) is 8.54. The molecule has 0 saturated heterocycles. The molecular formula is C14H19Cl2N. The molecule has 3 heteroatoms. The molecule has 0 N–H and O–H groups in total. The first-order chi connectivity index (χ1) is 8.33. The van der Waals surface area contributed by atoms with E-state index in [1.165, 1.54) is 30.4 Å². The van der Waals surface area contributed by atoms with Crippen LogP contribution in [0, 0.1) is 0 Å². The lowest BCUT2D eigenvalue weighted by Crippen LogP contribution is -1.96. The maximum absolute atomic E-state index is 6.05. The first kappa shape index (κ1) is 14.5. The average Bonchev–Trinajstić information content (AvgIpc) is 2.39. The molecule has 0 aliphatic carbocycles. The fourth-order valence-electron chi connectivity index (χ4n) is 1.82. The standard InChI is InChI=1S/C14H19Cl2N/c1-2-3-4-5-13(10-15)14(11-16)12-6-8-17-9-7-12/h6-9H,2-5,10-11H2,1H3. The number of alkyl halides is 2. The third-order valence-corrected chi connectivity index (χ3v) is 3.42. The lowest BCUT2D eigenvalue weighted by atomic mass is 9.99. The van der Waals surface area contributed by atoms with E-state index < -0.39 is 0 Å². The van der Waals surface area contributed by atoms with Crippen molar-refractivity contribution in [3.05, 3.63) is 35.7 Å². The maximum Gasteiger partial charge on any atom is 0.0480 e. The van der Waals surface area contributed by atoms with E-state index in [9.17, 15) is 0 Å². The Hall–Kier alpha value is -0.530. The van der Waals surface area contributed by atoms with E-state index in [2.05, 4.69) is 11.9 Å². The van der Waals surface area contributed by atoms with Gasteiger partial charge in [0.25, 0.3) is 0 Å². The van der Waals surface area contributed by atoms with Gasteiger partial charge in [-0.05, 0) is 36.1 Å². The summed E-state index contributed by atoms with van der Waals surface area (Å²) in [5, 5.41) is 0. The SMILES string of the molecule is CCCCCC(CCl)=C(CCl)c1ccncc1. The average molecular weight is 272 g/mol. The molecule has 0 radical (unpaired) electrons. The Morgan fingerprint density at radius 2 is 1.82 bits per heavy atom. The number of halogens is 2. The monoisotopic (exact) mass is 271 g/mol. The molecule has 0 aliphatic rings. The van der Waals surface area contributed by atoms with Crippen LogP contribution < -0.4 is 0 Å². The summed E-state index contributed by atoms with van der Waals surface area (Å²) in [6.45, 7) is 2.20. The Bertz CT molecular complexity index is 346. The zero-order valence-corrected chi connectivity index (χ0v) is 11.8. The first-order valence-electron chi connectivity index (χ1n) is 6.06. The molecule has 0 aromatic carbocycles. The fourth-order valence-corrected chi connectivity index (χ4v) is 2.45. The molecule has 1 aromatic heterocycles. The molecule has 0 atom stereocenters. The maximum atomic E-state index is 6.05. The highest BCUT2D eigenvalue weighted by Crippen LogP contribution is 2.24. The predicted octanol–water partition coefficient (Wildman–Crippen LogP) is 4.89. The zero-order chi connectivity index (χ0) is 12.5. The Morgan fingerprint density at radius 3 is 2.35 bits per heavy atom. The van der Waals surface area contributed by atoms with Crippen molar-refractivity contribution in [3.8, 4) is 0 Å². The van der Waals surface area contributed by atoms with E-state index in [-0.39, 0.29) is 0 Å². The minimum Gasteiger partial charge on any atom is -0.265 e. The molecule has 0 aliphatic heterocycles. The van der Waals surface area contributed by atoms with E-state index in [1.54, 1.807) is 12.4 Å². The van der Waals surface area contributed by atoms with Gasteiger partial charge in [0.1, 0.15) is 0 Å². The summed E-state index contributed by atoms with van der Waals surface area (Å²) in [6, 6.07) is 3.98. The van der Waals surface area contributed by atoms with Gasteiger partial charge in [-0.1, -0.05) is 25.3 Å². The molecule has 17 heavy (non-hydrogen) atoms. The van der Waals surface area contributed by atoms with Gasteiger partial charge in [-0.2, -0.15) is 0 Å². The third-order valence-electron chi connectivity index (χ3n) is 2.83. The van der Waals surface area contributed by atoms with E-state index in [0.29, 0.717) is 11.8 Å². The summed E-state index contributed by atoms with van der Waals surface area (Å²) in [6.07, 6.45) is 8.28. The molecule has 0 amide bonds. The molecule has 0 spiro atoms. The Labute approximate surface area is 114 Å². The third kappa shape index (κ3) is 4.69. The summed E-state index contributed by atoms with van der Waals surface area (Å²) in [5.74, 6) is 1.08. The summed E-state index contributed by atoms with van der Waals surface area (Å²) < 4.78 is 0. The number of nitrogens with zero attached hydrogens (tertiary/aromatic N) is 1. The van der Waals surface area contributed by atoms with Crippen LogP contribution in [0.3, 0.4) is 0 Å². The van der Waals surface area contributed by atoms with E-state index in [0.717, 1.165) is 12.0 Å². The molecule has 0 unspecified atom stereocenters. The van der Waals surface area contributed by atoms with Crippen LogP contribution >= 0.6 is 23.2 Å². The number of rotatable bonds is 7. The molecule has 1 rings (SSSR count). The van der Waals surface area contributed by atoms with E-state index in [1.807, 2.05) is 12.1 Å². The number of hydrogen-bond acceptors (Lipinski definition) is 1. The van der Waals surface area contributed by atoms with Gasteiger partial charge in [-0.25, -0.2) is 0 Å². The van der Waals surface area contributed by atoms with Crippen LogP contribution in [0.25, 0.3) is 5.57 Å². The Balaban J connectivity index is 2.86. The minimum atomic E-state index is 0.512. The van der Waals surface area contributed by atoms with Crippen molar-refractivity contribution in [2.24, 2.45) is 0 Å².